The summed E-state index contributed by atoms with van der Waals surface area (Å²) in [6.07, 6.45) is 3.62. The normalized spacial score (nSPS) is 14.2. The number of fused-ring (bicyclic) bond motifs is 3. The van der Waals surface area contributed by atoms with Crippen LogP contribution in [0.15, 0.2) is 66.9 Å². The molecular formula is C28H28N4O4S. The van der Waals surface area contributed by atoms with Crippen LogP contribution in [0.2, 0.25) is 0 Å². The first kappa shape index (κ1) is 24.6. The van der Waals surface area contributed by atoms with Crippen LogP contribution in [0.1, 0.15) is 35.6 Å². The first-order chi connectivity index (χ1) is 17.8. The molecule has 2 N–H and O–H groups in total. The predicted octanol–water partition coefficient (Wildman–Crippen LogP) is 4.42. The fourth-order valence-electron chi connectivity index (χ4n) is 4.80. The summed E-state index contributed by atoms with van der Waals surface area (Å²) in [6, 6.07) is 19.5. The van der Waals surface area contributed by atoms with Crippen molar-refractivity contribution in [1.82, 2.24) is 15.1 Å². The highest BCUT2D eigenvalue weighted by atomic mass is 32.2. The number of hydrogen-bond acceptors (Lipinski definition) is 5. The van der Waals surface area contributed by atoms with E-state index >= 15 is 0 Å². The van der Waals surface area contributed by atoms with E-state index in [9.17, 15) is 13.2 Å². The Labute approximate surface area is 216 Å². The topological polar surface area (TPSA) is 102 Å². The van der Waals surface area contributed by atoms with E-state index in [2.05, 4.69) is 28.1 Å². The number of anilines is 1. The van der Waals surface area contributed by atoms with Crippen LogP contribution in [-0.2, 0) is 28.0 Å². The number of nitrogens with one attached hydrogen (secondary N) is 2. The van der Waals surface area contributed by atoms with Gasteiger partial charge in [-0.25, -0.2) is 8.42 Å². The molecule has 1 aliphatic heterocycles. The Balaban J connectivity index is 1.75. The highest BCUT2D eigenvalue weighted by Crippen LogP contribution is 2.43. The molecule has 0 spiro atoms. The lowest BCUT2D eigenvalue weighted by molar-refractivity contribution is -0.121. The van der Waals surface area contributed by atoms with E-state index < -0.39 is 10.0 Å². The SMILES string of the molecule is CC/C(=C1\c2cc3cnn(CC(=O)NC)c3cc2COc2ccccc21)c1cccc(NS(C)(=O)=O)c1. The van der Waals surface area contributed by atoms with Crippen molar-refractivity contribution in [3.8, 4) is 5.75 Å². The fraction of sp³-hybridized carbons (Fsp3) is 0.214. The maximum Gasteiger partial charge on any atom is 0.241 e. The Morgan fingerprint density at radius 1 is 1.08 bits per heavy atom. The number of para-hydroxylation sites is 1. The highest BCUT2D eigenvalue weighted by Gasteiger charge is 2.24. The van der Waals surface area contributed by atoms with Crippen molar-refractivity contribution in [2.45, 2.75) is 26.5 Å². The molecule has 0 aliphatic carbocycles. The number of sulfonamides is 1. The van der Waals surface area contributed by atoms with Crippen molar-refractivity contribution in [2.75, 3.05) is 18.0 Å². The predicted molar refractivity (Wildman–Crippen MR) is 146 cm³/mol. The number of likely N-dealkylation sites (N-methyl/N-ethyl adjacent to an activating group) is 1. The summed E-state index contributed by atoms with van der Waals surface area (Å²) in [6.45, 7) is 2.58. The van der Waals surface area contributed by atoms with Crippen molar-refractivity contribution in [3.63, 3.8) is 0 Å². The minimum atomic E-state index is -3.41. The molecule has 0 unspecified atom stereocenters. The van der Waals surface area contributed by atoms with E-state index in [1.807, 2.05) is 48.5 Å². The van der Waals surface area contributed by atoms with Crippen molar-refractivity contribution >= 4 is 43.7 Å². The van der Waals surface area contributed by atoms with Gasteiger partial charge >= 0.3 is 0 Å². The summed E-state index contributed by atoms with van der Waals surface area (Å²) >= 11 is 0. The zero-order valence-electron chi connectivity index (χ0n) is 20.9. The van der Waals surface area contributed by atoms with E-state index in [1.54, 1.807) is 24.0 Å². The van der Waals surface area contributed by atoms with Gasteiger partial charge < -0.3 is 10.1 Å². The van der Waals surface area contributed by atoms with Crippen LogP contribution in [0.5, 0.6) is 5.75 Å². The molecule has 0 atom stereocenters. The van der Waals surface area contributed by atoms with Crippen LogP contribution < -0.4 is 14.8 Å². The molecule has 3 aromatic carbocycles. The largest absolute Gasteiger partial charge is 0.488 e. The number of amides is 1. The van der Waals surface area contributed by atoms with Crippen molar-refractivity contribution in [1.29, 1.82) is 0 Å². The molecule has 0 saturated carbocycles. The zero-order valence-corrected chi connectivity index (χ0v) is 21.7. The quantitative estimate of drug-likeness (QED) is 0.395. The van der Waals surface area contributed by atoms with E-state index in [0.29, 0.717) is 18.7 Å². The molecular weight excluding hydrogens is 488 g/mol. The van der Waals surface area contributed by atoms with Crippen molar-refractivity contribution in [2.24, 2.45) is 0 Å². The van der Waals surface area contributed by atoms with Gasteiger partial charge in [-0.05, 0) is 64.6 Å². The minimum Gasteiger partial charge on any atom is -0.488 e. The number of benzene rings is 3. The molecule has 8 nitrogen and oxygen atoms in total. The molecule has 0 bridgehead atoms. The monoisotopic (exact) mass is 516 g/mol. The standard InChI is InChI=1S/C28H28N4O4S/c1-4-22(18-8-7-9-21(12-18)31-37(3,34)35)28-23-10-5-6-11-26(23)36-17-20-14-25-19(13-24(20)28)15-30-32(25)16-27(33)29-2/h5-15,31H,4,16-17H2,1-3H3,(H,29,33)/b28-22+. The second kappa shape index (κ2) is 9.74. The van der Waals surface area contributed by atoms with Crippen LogP contribution >= 0.6 is 0 Å². The van der Waals surface area contributed by atoms with Gasteiger partial charge in [-0.2, -0.15) is 5.10 Å². The third kappa shape index (κ3) is 4.95. The molecule has 1 amide bonds. The van der Waals surface area contributed by atoms with Gasteiger partial charge in [0.2, 0.25) is 15.9 Å². The number of hydrogen-bond donors (Lipinski definition) is 2. The number of carbonyl (C=O) groups is 1. The zero-order chi connectivity index (χ0) is 26.2. The van der Waals surface area contributed by atoms with Crippen molar-refractivity contribution < 1.29 is 17.9 Å². The average Bonchev–Trinajstić information content (AvgIpc) is 3.18. The van der Waals surface area contributed by atoms with Crippen LogP contribution in [0, 0.1) is 0 Å². The first-order valence-electron chi connectivity index (χ1n) is 12.0. The van der Waals surface area contributed by atoms with Gasteiger partial charge in [0.05, 0.1) is 18.0 Å². The van der Waals surface area contributed by atoms with Gasteiger partial charge in [0.25, 0.3) is 0 Å². The summed E-state index contributed by atoms with van der Waals surface area (Å²) in [5.41, 5.74) is 7.35. The Kier molecular flexibility index (Phi) is 6.47. The van der Waals surface area contributed by atoms with E-state index in [4.69, 9.17) is 4.74 Å². The van der Waals surface area contributed by atoms with Crippen LogP contribution in [-0.4, -0.2) is 37.4 Å². The number of allylic oxidation sites excluding steroid dienone is 1. The average molecular weight is 517 g/mol. The second-order valence-corrected chi connectivity index (χ2v) is 10.7. The molecule has 4 aromatic rings. The summed E-state index contributed by atoms with van der Waals surface area (Å²) in [5.74, 6) is 0.654. The van der Waals surface area contributed by atoms with Crippen LogP contribution in [0.25, 0.3) is 22.0 Å². The minimum absolute atomic E-state index is 0.125. The molecule has 190 valence electrons. The van der Waals surface area contributed by atoms with E-state index in [0.717, 1.165) is 56.3 Å². The number of nitrogens with zero attached hydrogens (tertiary/aromatic N) is 2. The lowest BCUT2D eigenvalue weighted by Gasteiger charge is -2.18. The summed E-state index contributed by atoms with van der Waals surface area (Å²) in [5, 5.41) is 8.01. The molecule has 0 saturated heterocycles. The maximum absolute atomic E-state index is 12.0. The summed E-state index contributed by atoms with van der Waals surface area (Å²) < 4.78 is 34.3. The van der Waals surface area contributed by atoms with Gasteiger partial charge in [-0.3, -0.25) is 14.2 Å². The lowest BCUT2D eigenvalue weighted by atomic mass is 9.86. The fourth-order valence-corrected chi connectivity index (χ4v) is 5.35. The van der Waals surface area contributed by atoms with Crippen molar-refractivity contribution in [3.05, 3.63) is 89.1 Å². The molecule has 5 rings (SSSR count). The Morgan fingerprint density at radius 3 is 2.65 bits per heavy atom. The van der Waals surface area contributed by atoms with Gasteiger partial charge in [-0.15, -0.1) is 0 Å². The summed E-state index contributed by atoms with van der Waals surface area (Å²) in [7, 11) is -1.80. The number of rotatable bonds is 6. The van der Waals surface area contributed by atoms with E-state index in [1.165, 1.54) is 0 Å². The van der Waals surface area contributed by atoms with Crippen LogP contribution in [0.3, 0.4) is 0 Å². The lowest BCUT2D eigenvalue weighted by Crippen LogP contribution is -2.23. The summed E-state index contributed by atoms with van der Waals surface area (Å²) in [4.78, 5) is 12.0. The van der Waals surface area contributed by atoms with Crippen LogP contribution in [0.4, 0.5) is 5.69 Å². The Hall–Kier alpha value is -4.11. The Bertz CT molecular complexity index is 1650. The molecule has 37 heavy (non-hydrogen) atoms. The Morgan fingerprint density at radius 2 is 1.89 bits per heavy atom. The number of carbonyl (C=O) groups excluding carboxylic acids is 1. The first-order valence-corrected chi connectivity index (χ1v) is 13.9. The molecule has 0 fully saturated rings. The maximum atomic E-state index is 12.0. The van der Waals surface area contributed by atoms with Gasteiger partial charge in [-0.1, -0.05) is 37.3 Å². The third-order valence-electron chi connectivity index (χ3n) is 6.42. The van der Waals surface area contributed by atoms with Gasteiger partial charge in [0, 0.05) is 23.7 Å². The van der Waals surface area contributed by atoms with Gasteiger partial charge in [0.1, 0.15) is 18.9 Å². The number of ether oxygens (including phenoxy) is 1. The molecule has 9 heteroatoms. The molecule has 1 aliphatic rings. The van der Waals surface area contributed by atoms with E-state index in [-0.39, 0.29) is 12.5 Å². The molecule has 2 heterocycles. The molecule has 1 aromatic heterocycles. The number of aromatic nitrogens is 2. The smallest absolute Gasteiger partial charge is 0.241 e. The van der Waals surface area contributed by atoms with Gasteiger partial charge in [0.15, 0.2) is 0 Å². The highest BCUT2D eigenvalue weighted by molar-refractivity contribution is 7.92. The second-order valence-electron chi connectivity index (χ2n) is 8.99. The molecule has 0 radical (unpaired) electrons. The third-order valence-corrected chi connectivity index (χ3v) is 7.02.